The second-order valence-electron chi connectivity index (χ2n) is 4.67. The summed E-state index contributed by atoms with van der Waals surface area (Å²) in [5.41, 5.74) is 4.09. The molecule has 2 N–H and O–H groups in total. The van der Waals surface area contributed by atoms with Crippen molar-refractivity contribution in [1.29, 1.82) is 0 Å². The second kappa shape index (κ2) is 8.85. The second-order valence-corrected chi connectivity index (χ2v) is 5.66. The molecule has 0 aliphatic rings. The fraction of sp³-hybridized carbons (Fsp3) is 0.176. The van der Waals surface area contributed by atoms with E-state index in [9.17, 15) is 9.90 Å². The molecule has 2 aromatic carbocycles. The van der Waals surface area contributed by atoms with E-state index in [1.54, 1.807) is 18.2 Å². The number of phenolic OH excluding ortho intramolecular Hbond substituents is 1. The molecule has 0 saturated carbocycles. The van der Waals surface area contributed by atoms with Crippen LogP contribution in [0.5, 0.6) is 11.5 Å². The minimum atomic E-state index is -0.190. The lowest BCUT2D eigenvalue weighted by Crippen LogP contribution is -2.19. The van der Waals surface area contributed by atoms with E-state index in [1.807, 2.05) is 30.3 Å². The van der Waals surface area contributed by atoms with Gasteiger partial charge in [-0.2, -0.15) is 5.10 Å². The van der Waals surface area contributed by atoms with Crippen molar-refractivity contribution in [3.05, 3.63) is 59.7 Å². The van der Waals surface area contributed by atoms with Crippen LogP contribution in [0.4, 0.5) is 0 Å². The average molecular weight is 330 g/mol. The van der Waals surface area contributed by atoms with Crippen molar-refractivity contribution in [2.24, 2.45) is 5.10 Å². The van der Waals surface area contributed by atoms with Crippen molar-refractivity contribution < 1.29 is 14.6 Å². The molecule has 0 aromatic heterocycles. The Hall–Kier alpha value is -2.47. The van der Waals surface area contributed by atoms with E-state index in [4.69, 9.17) is 4.74 Å². The van der Waals surface area contributed by atoms with Gasteiger partial charge < -0.3 is 9.84 Å². The maximum absolute atomic E-state index is 11.7. The van der Waals surface area contributed by atoms with Crippen LogP contribution in [0, 0.1) is 0 Å². The first-order valence-corrected chi connectivity index (χ1v) is 8.15. The molecule has 0 saturated heterocycles. The topological polar surface area (TPSA) is 70.9 Å². The lowest BCUT2D eigenvalue weighted by molar-refractivity contribution is -0.118. The highest BCUT2D eigenvalue weighted by Gasteiger charge is 2.05. The Balaban J connectivity index is 1.78. The predicted molar refractivity (Wildman–Crippen MR) is 93.0 cm³/mol. The van der Waals surface area contributed by atoms with Crippen molar-refractivity contribution in [1.82, 2.24) is 5.43 Å². The SMILES string of the molecule is COc1cccc(/C=N\NC(=O)CSCc2ccccc2)c1O. The van der Waals surface area contributed by atoms with Crippen LogP contribution in [0.25, 0.3) is 0 Å². The van der Waals surface area contributed by atoms with Gasteiger partial charge in [-0.25, -0.2) is 5.43 Å². The number of para-hydroxylation sites is 1. The molecule has 0 spiro atoms. The number of benzene rings is 2. The maximum Gasteiger partial charge on any atom is 0.250 e. The fourth-order valence-electron chi connectivity index (χ4n) is 1.85. The molecule has 0 atom stereocenters. The molecule has 0 radical (unpaired) electrons. The fourth-order valence-corrected chi connectivity index (χ4v) is 2.63. The van der Waals surface area contributed by atoms with Gasteiger partial charge >= 0.3 is 0 Å². The molecule has 2 aromatic rings. The number of hydrogen-bond donors (Lipinski definition) is 2. The first-order chi connectivity index (χ1) is 11.2. The summed E-state index contributed by atoms with van der Waals surface area (Å²) in [4.78, 5) is 11.7. The molecule has 5 nitrogen and oxygen atoms in total. The first-order valence-electron chi connectivity index (χ1n) is 7.00. The smallest absolute Gasteiger partial charge is 0.250 e. The number of rotatable bonds is 7. The van der Waals surface area contributed by atoms with Crippen LogP contribution in [0.1, 0.15) is 11.1 Å². The van der Waals surface area contributed by atoms with Gasteiger partial charge in [-0.1, -0.05) is 36.4 Å². The Labute approximate surface area is 139 Å². The molecule has 1 amide bonds. The summed E-state index contributed by atoms with van der Waals surface area (Å²) in [5.74, 6) is 1.25. The summed E-state index contributed by atoms with van der Waals surface area (Å²) in [5, 5.41) is 13.7. The van der Waals surface area contributed by atoms with E-state index >= 15 is 0 Å². The zero-order valence-electron chi connectivity index (χ0n) is 12.7. The summed E-state index contributed by atoms with van der Waals surface area (Å²) in [6.45, 7) is 0. The van der Waals surface area contributed by atoms with Crippen molar-refractivity contribution >= 4 is 23.9 Å². The largest absolute Gasteiger partial charge is 0.504 e. The molecule has 0 fully saturated rings. The van der Waals surface area contributed by atoms with Gasteiger partial charge in [-0.05, 0) is 17.7 Å². The van der Waals surface area contributed by atoms with Crippen LogP contribution in [-0.2, 0) is 10.5 Å². The highest BCUT2D eigenvalue weighted by molar-refractivity contribution is 7.99. The van der Waals surface area contributed by atoms with Crippen LogP contribution in [0.3, 0.4) is 0 Å². The lowest BCUT2D eigenvalue weighted by atomic mass is 10.2. The highest BCUT2D eigenvalue weighted by atomic mass is 32.2. The van der Waals surface area contributed by atoms with Gasteiger partial charge in [0.15, 0.2) is 11.5 Å². The van der Waals surface area contributed by atoms with Crippen LogP contribution >= 0.6 is 11.8 Å². The predicted octanol–water partition coefficient (Wildman–Crippen LogP) is 2.78. The van der Waals surface area contributed by atoms with Crippen LogP contribution in [0.15, 0.2) is 53.6 Å². The van der Waals surface area contributed by atoms with Crippen LogP contribution < -0.4 is 10.2 Å². The third-order valence-electron chi connectivity index (χ3n) is 2.99. The van der Waals surface area contributed by atoms with E-state index in [-0.39, 0.29) is 11.7 Å². The number of methoxy groups -OCH3 is 1. The number of carbonyl (C=O) groups excluding carboxylic acids is 1. The van der Waals surface area contributed by atoms with E-state index in [0.717, 1.165) is 5.75 Å². The maximum atomic E-state index is 11.7. The number of carbonyl (C=O) groups is 1. The third-order valence-corrected chi connectivity index (χ3v) is 3.99. The van der Waals surface area contributed by atoms with Gasteiger partial charge in [0.1, 0.15) is 0 Å². The molecule has 0 unspecified atom stereocenters. The normalized spacial score (nSPS) is 10.7. The first kappa shape index (κ1) is 16.9. The lowest BCUT2D eigenvalue weighted by Gasteiger charge is -2.05. The minimum Gasteiger partial charge on any atom is -0.504 e. The van der Waals surface area contributed by atoms with Gasteiger partial charge in [-0.15, -0.1) is 11.8 Å². The summed E-state index contributed by atoms with van der Waals surface area (Å²) in [6, 6.07) is 15.0. The van der Waals surface area contributed by atoms with E-state index in [1.165, 1.54) is 30.6 Å². The highest BCUT2D eigenvalue weighted by Crippen LogP contribution is 2.27. The number of aromatic hydroxyl groups is 1. The monoisotopic (exact) mass is 330 g/mol. The molecule has 6 heteroatoms. The molecule has 0 heterocycles. The molecule has 0 aliphatic heterocycles. The van der Waals surface area contributed by atoms with Crippen LogP contribution in [-0.4, -0.2) is 30.1 Å². The molecular formula is C17H18N2O3S. The molecular weight excluding hydrogens is 312 g/mol. The summed E-state index contributed by atoms with van der Waals surface area (Å²) in [6.07, 6.45) is 1.39. The Kier molecular flexibility index (Phi) is 6.50. The van der Waals surface area contributed by atoms with Crippen molar-refractivity contribution in [2.75, 3.05) is 12.9 Å². The Morgan fingerprint density at radius 1 is 1.26 bits per heavy atom. The molecule has 2 rings (SSSR count). The number of amides is 1. The van der Waals surface area contributed by atoms with E-state index in [0.29, 0.717) is 17.1 Å². The average Bonchev–Trinajstić information content (AvgIpc) is 2.57. The van der Waals surface area contributed by atoms with Crippen LogP contribution in [0.2, 0.25) is 0 Å². The Morgan fingerprint density at radius 2 is 2.04 bits per heavy atom. The minimum absolute atomic E-state index is 0.00792. The van der Waals surface area contributed by atoms with Gasteiger partial charge in [-0.3, -0.25) is 4.79 Å². The Bertz CT molecular complexity index is 675. The number of thioether (sulfide) groups is 1. The molecule has 0 bridgehead atoms. The summed E-state index contributed by atoms with van der Waals surface area (Å²) < 4.78 is 5.01. The van der Waals surface area contributed by atoms with Gasteiger partial charge in [0.25, 0.3) is 0 Å². The van der Waals surface area contributed by atoms with E-state index in [2.05, 4.69) is 10.5 Å². The quantitative estimate of drug-likeness (QED) is 0.605. The standard InChI is InChI=1S/C17H18N2O3S/c1-22-15-9-5-8-14(17(15)21)10-18-19-16(20)12-23-11-13-6-3-2-4-7-13/h2-10,21H,11-12H2,1H3,(H,19,20)/b18-10-. The number of hydrazone groups is 1. The number of nitrogens with one attached hydrogen (secondary N) is 1. The molecule has 120 valence electrons. The Morgan fingerprint density at radius 3 is 2.78 bits per heavy atom. The zero-order valence-corrected chi connectivity index (χ0v) is 13.5. The van der Waals surface area contributed by atoms with Gasteiger partial charge in [0.05, 0.1) is 19.1 Å². The van der Waals surface area contributed by atoms with Crippen molar-refractivity contribution in [3.8, 4) is 11.5 Å². The van der Waals surface area contributed by atoms with Crippen molar-refractivity contribution in [3.63, 3.8) is 0 Å². The number of phenols is 1. The van der Waals surface area contributed by atoms with Gasteiger partial charge in [0.2, 0.25) is 5.91 Å². The van der Waals surface area contributed by atoms with E-state index < -0.39 is 0 Å². The third kappa shape index (κ3) is 5.34. The van der Waals surface area contributed by atoms with Crippen molar-refractivity contribution in [2.45, 2.75) is 5.75 Å². The summed E-state index contributed by atoms with van der Waals surface area (Å²) >= 11 is 1.51. The van der Waals surface area contributed by atoms with Gasteiger partial charge in [0, 0.05) is 11.3 Å². The zero-order chi connectivity index (χ0) is 16.5. The number of ether oxygens (including phenoxy) is 1. The molecule has 0 aliphatic carbocycles. The summed E-state index contributed by atoms with van der Waals surface area (Å²) in [7, 11) is 1.47. The number of nitrogens with zero attached hydrogens (tertiary/aromatic N) is 1. The molecule has 23 heavy (non-hydrogen) atoms. The number of hydrogen-bond acceptors (Lipinski definition) is 5.